The van der Waals surface area contributed by atoms with Gasteiger partial charge in [-0.15, -0.1) is 0 Å². The molecule has 3 rings (SSSR count). The van der Waals surface area contributed by atoms with Crippen molar-refractivity contribution in [2.24, 2.45) is 0 Å². The van der Waals surface area contributed by atoms with E-state index in [4.69, 9.17) is 0 Å². The molecule has 2 aromatic heterocycles. The van der Waals surface area contributed by atoms with E-state index < -0.39 is 0 Å². The summed E-state index contributed by atoms with van der Waals surface area (Å²) in [6.45, 7) is 0. The van der Waals surface area contributed by atoms with Crippen LogP contribution in [0, 0.1) is 0 Å². The lowest BCUT2D eigenvalue weighted by Gasteiger charge is -1.92. The smallest absolute Gasteiger partial charge is 0.290 e. The van der Waals surface area contributed by atoms with Gasteiger partial charge in [0.25, 0.3) is 11.1 Å². The van der Waals surface area contributed by atoms with E-state index in [1.807, 2.05) is 6.07 Å². The van der Waals surface area contributed by atoms with Crippen molar-refractivity contribution in [3.63, 3.8) is 0 Å². The molecule has 1 fully saturated rings. The van der Waals surface area contributed by atoms with Crippen molar-refractivity contribution >= 4 is 39.9 Å². The van der Waals surface area contributed by atoms with Gasteiger partial charge in [0, 0.05) is 23.3 Å². The van der Waals surface area contributed by atoms with E-state index in [9.17, 15) is 9.59 Å². The number of pyridine rings is 1. The number of nitrogens with one attached hydrogen (secondary N) is 2. The molecule has 0 spiro atoms. The lowest BCUT2D eigenvalue weighted by Crippen LogP contribution is -2.17. The van der Waals surface area contributed by atoms with Gasteiger partial charge in [-0.3, -0.25) is 19.9 Å². The van der Waals surface area contributed by atoms with Crippen LogP contribution < -0.4 is 5.32 Å². The normalized spacial score (nSPS) is 18.0. The highest BCUT2D eigenvalue weighted by Gasteiger charge is 2.25. The van der Waals surface area contributed by atoms with Crippen LogP contribution in [-0.4, -0.2) is 21.1 Å². The fourth-order valence-electron chi connectivity index (χ4n) is 1.68. The molecule has 0 radical (unpaired) electrons. The van der Waals surface area contributed by atoms with Gasteiger partial charge >= 0.3 is 0 Å². The lowest BCUT2D eigenvalue weighted by atomic mass is 10.2. The Hall–Kier alpha value is -2.08. The monoisotopic (exact) mass is 245 g/mol. The highest BCUT2D eigenvalue weighted by Crippen LogP contribution is 2.27. The molecule has 17 heavy (non-hydrogen) atoms. The van der Waals surface area contributed by atoms with E-state index in [0.717, 1.165) is 28.2 Å². The molecule has 2 amide bonds. The van der Waals surface area contributed by atoms with E-state index in [0.29, 0.717) is 4.91 Å². The molecule has 0 saturated carbocycles. The molecule has 1 aliphatic rings. The highest BCUT2D eigenvalue weighted by atomic mass is 32.2. The van der Waals surface area contributed by atoms with Crippen molar-refractivity contribution in [2.45, 2.75) is 0 Å². The Balaban J connectivity index is 2.08. The largest absolute Gasteiger partial charge is 0.359 e. The maximum absolute atomic E-state index is 11.4. The van der Waals surface area contributed by atoms with Crippen molar-refractivity contribution < 1.29 is 9.59 Å². The van der Waals surface area contributed by atoms with Crippen molar-refractivity contribution in [2.75, 3.05) is 0 Å². The molecule has 84 valence electrons. The second-order valence-corrected chi connectivity index (χ2v) is 4.53. The molecule has 6 heteroatoms. The van der Waals surface area contributed by atoms with Crippen molar-refractivity contribution in [3.05, 3.63) is 35.1 Å². The fraction of sp³-hybridized carbons (Fsp3) is 0. The van der Waals surface area contributed by atoms with Gasteiger partial charge in [0.05, 0.1) is 16.6 Å². The zero-order valence-electron chi connectivity index (χ0n) is 8.56. The summed E-state index contributed by atoms with van der Waals surface area (Å²) in [6.07, 6.45) is 6.88. The Morgan fingerprint density at radius 1 is 1.35 bits per heavy atom. The third-order valence-electron chi connectivity index (χ3n) is 2.44. The molecule has 0 bridgehead atoms. The van der Waals surface area contributed by atoms with Crippen LogP contribution in [0.1, 0.15) is 5.56 Å². The Kier molecular flexibility index (Phi) is 2.22. The number of fused-ring (bicyclic) bond motifs is 1. The van der Waals surface area contributed by atoms with Gasteiger partial charge in [0.15, 0.2) is 0 Å². The van der Waals surface area contributed by atoms with Crippen molar-refractivity contribution in [1.29, 1.82) is 0 Å². The summed E-state index contributed by atoms with van der Waals surface area (Å²) < 4.78 is 0. The van der Waals surface area contributed by atoms with E-state index >= 15 is 0 Å². The predicted molar refractivity (Wildman–Crippen MR) is 65.2 cm³/mol. The van der Waals surface area contributed by atoms with Crippen LogP contribution in [0.15, 0.2) is 29.6 Å². The fourth-order valence-corrected chi connectivity index (χ4v) is 2.35. The Bertz CT molecular complexity index is 660. The van der Waals surface area contributed by atoms with Crippen LogP contribution in [0.3, 0.4) is 0 Å². The number of hydrogen-bond donors (Lipinski definition) is 2. The minimum Gasteiger partial charge on any atom is -0.359 e. The third-order valence-corrected chi connectivity index (χ3v) is 3.25. The summed E-state index contributed by atoms with van der Waals surface area (Å²) in [4.78, 5) is 29.9. The number of H-pyrrole nitrogens is 1. The summed E-state index contributed by atoms with van der Waals surface area (Å²) in [5, 5.41) is 2.86. The number of aromatic amines is 1. The number of imide groups is 1. The lowest BCUT2D eigenvalue weighted by molar-refractivity contribution is -0.115. The molecule has 3 heterocycles. The molecule has 0 unspecified atom stereocenters. The van der Waals surface area contributed by atoms with Gasteiger partial charge in [0.2, 0.25) is 0 Å². The Labute approximate surface area is 100 Å². The summed E-state index contributed by atoms with van der Waals surface area (Å²) in [5.41, 5.74) is 1.77. The van der Waals surface area contributed by atoms with Crippen LogP contribution in [-0.2, 0) is 4.79 Å². The quantitative estimate of drug-likeness (QED) is 0.752. The minimum absolute atomic E-state index is 0.331. The number of rotatable bonds is 1. The van der Waals surface area contributed by atoms with Crippen LogP contribution in [0.5, 0.6) is 0 Å². The molecule has 0 aliphatic carbocycles. The zero-order valence-corrected chi connectivity index (χ0v) is 9.38. The molecule has 1 saturated heterocycles. The second-order valence-electron chi connectivity index (χ2n) is 3.52. The Morgan fingerprint density at radius 3 is 3.00 bits per heavy atom. The van der Waals surface area contributed by atoms with Gasteiger partial charge in [0.1, 0.15) is 0 Å². The first kappa shape index (κ1) is 10.1. The number of hydrogen-bond acceptors (Lipinski definition) is 4. The van der Waals surface area contributed by atoms with E-state index in [-0.39, 0.29) is 11.1 Å². The molecular formula is C11H7N3O2S. The number of amides is 2. The second kappa shape index (κ2) is 3.74. The van der Waals surface area contributed by atoms with Gasteiger partial charge in [-0.05, 0) is 23.9 Å². The maximum atomic E-state index is 11.4. The molecule has 2 N–H and O–H groups in total. The van der Waals surface area contributed by atoms with Crippen LogP contribution in [0.4, 0.5) is 4.79 Å². The van der Waals surface area contributed by atoms with E-state index in [1.165, 1.54) is 0 Å². The van der Waals surface area contributed by atoms with Crippen LogP contribution in [0.25, 0.3) is 17.0 Å². The average Bonchev–Trinajstić information content (AvgIpc) is 2.85. The zero-order chi connectivity index (χ0) is 11.8. The topological polar surface area (TPSA) is 74.8 Å². The third kappa shape index (κ3) is 1.72. The van der Waals surface area contributed by atoms with Gasteiger partial charge in [-0.2, -0.15) is 0 Å². The first-order valence-corrected chi connectivity index (χ1v) is 5.71. The standard InChI is InChI=1S/C11H7N3O2S/c15-10-9(17-11(16)14-10)3-6-4-13-8-5-12-2-1-7(6)8/h1-5,13H,(H,14,15,16)/b9-3-. The number of nitrogens with zero attached hydrogens (tertiary/aromatic N) is 1. The number of thioether (sulfide) groups is 1. The van der Waals surface area contributed by atoms with Gasteiger partial charge in [-0.25, -0.2) is 0 Å². The SMILES string of the molecule is O=C1NC(=O)/C(=C/c2c[nH]c3cnccc23)S1. The van der Waals surface area contributed by atoms with Gasteiger partial charge < -0.3 is 4.98 Å². The molecule has 0 aromatic carbocycles. The predicted octanol–water partition coefficient (Wildman–Crippen LogP) is 1.89. The summed E-state index contributed by atoms with van der Waals surface area (Å²) in [7, 11) is 0. The minimum atomic E-state index is -0.344. The maximum Gasteiger partial charge on any atom is 0.290 e. The number of carbonyl (C=O) groups excluding carboxylic acids is 2. The first-order valence-electron chi connectivity index (χ1n) is 4.90. The average molecular weight is 245 g/mol. The summed E-state index contributed by atoms with van der Waals surface area (Å²) >= 11 is 0.912. The number of carbonyl (C=O) groups is 2. The van der Waals surface area contributed by atoms with Crippen LogP contribution in [0.2, 0.25) is 0 Å². The van der Waals surface area contributed by atoms with E-state index in [2.05, 4.69) is 15.3 Å². The Morgan fingerprint density at radius 2 is 2.24 bits per heavy atom. The van der Waals surface area contributed by atoms with Crippen molar-refractivity contribution in [1.82, 2.24) is 15.3 Å². The highest BCUT2D eigenvalue weighted by molar-refractivity contribution is 8.18. The van der Waals surface area contributed by atoms with Crippen molar-refractivity contribution in [3.8, 4) is 0 Å². The molecule has 0 atom stereocenters. The summed E-state index contributed by atoms with van der Waals surface area (Å²) in [5.74, 6) is -0.344. The van der Waals surface area contributed by atoms with E-state index in [1.54, 1.807) is 24.7 Å². The number of aromatic nitrogens is 2. The first-order chi connectivity index (χ1) is 8.24. The van der Waals surface area contributed by atoms with Gasteiger partial charge in [-0.1, -0.05) is 0 Å². The molecule has 1 aliphatic heterocycles. The molecule has 2 aromatic rings. The summed E-state index contributed by atoms with van der Waals surface area (Å²) in [6, 6.07) is 1.86. The van der Waals surface area contributed by atoms with Crippen LogP contribution >= 0.6 is 11.8 Å². The molecular weight excluding hydrogens is 238 g/mol. The molecule has 5 nitrogen and oxygen atoms in total.